The molecule has 0 spiro atoms. The summed E-state index contributed by atoms with van der Waals surface area (Å²) >= 11 is 0. The predicted molar refractivity (Wildman–Crippen MR) is 56.6 cm³/mol. The first-order chi connectivity index (χ1) is 6.78. The van der Waals surface area contributed by atoms with Crippen LogP contribution in [0, 0.1) is 11.8 Å². The SMILES string of the molecule is CNS(=O)(=O)NCC(CC(C)C)C(=O)O. The maximum Gasteiger partial charge on any atom is 0.307 e. The van der Waals surface area contributed by atoms with Crippen molar-refractivity contribution in [3.05, 3.63) is 0 Å². The zero-order valence-electron chi connectivity index (χ0n) is 9.15. The molecule has 0 aromatic carbocycles. The fourth-order valence-corrected chi connectivity index (χ4v) is 1.69. The Bertz CT molecular complexity index is 300. The molecule has 0 aliphatic heterocycles. The van der Waals surface area contributed by atoms with E-state index in [2.05, 4.69) is 9.44 Å². The quantitative estimate of drug-likeness (QED) is 0.571. The maximum absolute atomic E-state index is 11.0. The Morgan fingerprint density at radius 1 is 1.40 bits per heavy atom. The van der Waals surface area contributed by atoms with Crippen LogP contribution >= 0.6 is 0 Å². The van der Waals surface area contributed by atoms with Crippen LogP contribution in [-0.4, -0.2) is 33.1 Å². The van der Waals surface area contributed by atoms with E-state index in [0.29, 0.717) is 6.42 Å². The number of hydrogen-bond donors (Lipinski definition) is 3. The lowest BCUT2D eigenvalue weighted by molar-refractivity contribution is -0.142. The highest BCUT2D eigenvalue weighted by molar-refractivity contribution is 7.87. The number of carbonyl (C=O) groups is 1. The minimum absolute atomic E-state index is 0.0866. The van der Waals surface area contributed by atoms with Crippen LogP contribution in [0.3, 0.4) is 0 Å². The number of hydrogen-bond acceptors (Lipinski definition) is 3. The van der Waals surface area contributed by atoms with Gasteiger partial charge in [0.25, 0.3) is 10.2 Å². The van der Waals surface area contributed by atoms with E-state index in [1.165, 1.54) is 7.05 Å². The molecule has 0 bridgehead atoms. The van der Waals surface area contributed by atoms with Crippen LogP contribution in [0.25, 0.3) is 0 Å². The molecule has 0 amide bonds. The lowest BCUT2D eigenvalue weighted by atomic mass is 9.98. The average Bonchev–Trinajstić information content (AvgIpc) is 2.11. The van der Waals surface area contributed by atoms with Crippen molar-refractivity contribution in [2.45, 2.75) is 20.3 Å². The Labute approximate surface area is 90.2 Å². The van der Waals surface area contributed by atoms with Crippen molar-refractivity contribution in [3.63, 3.8) is 0 Å². The van der Waals surface area contributed by atoms with Gasteiger partial charge in [-0.2, -0.15) is 8.42 Å². The minimum atomic E-state index is -3.55. The van der Waals surface area contributed by atoms with Gasteiger partial charge in [-0.3, -0.25) is 4.79 Å². The summed E-state index contributed by atoms with van der Waals surface area (Å²) < 4.78 is 26.2. The number of carboxylic acids is 1. The molecule has 0 aromatic heterocycles. The normalized spacial score (nSPS) is 14.1. The van der Waals surface area contributed by atoms with Crippen molar-refractivity contribution in [2.75, 3.05) is 13.6 Å². The molecule has 0 fully saturated rings. The van der Waals surface area contributed by atoms with Gasteiger partial charge in [0.15, 0.2) is 0 Å². The van der Waals surface area contributed by atoms with Crippen LogP contribution in [0.4, 0.5) is 0 Å². The van der Waals surface area contributed by atoms with E-state index < -0.39 is 22.1 Å². The molecule has 0 radical (unpaired) electrons. The van der Waals surface area contributed by atoms with Crippen LogP contribution < -0.4 is 9.44 Å². The molecular weight excluding hydrogens is 220 g/mol. The minimum Gasteiger partial charge on any atom is -0.481 e. The van der Waals surface area contributed by atoms with Gasteiger partial charge in [-0.05, 0) is 12.3 Å². The Balaban J connectivity index is 4.26. The molecule has 0 saturated heterocycles. The maximum atomic E-state index is 11.0. The first kappa shape index (κ1) is 14.3. The second kappa shape index (κ2) is 6.04. The second-order valence-electron chi connectivity index (χ2n) is 3.72. The van der Waals surface area contributed by atoms with E-state index in [1.807, 2.05) is 13.8 Å². The summed E-state index contributed by atoms with van der Waals surface area (Å²) in [6, 6.07) is 0. The fourth-order valence-electron chi connectivity index (χ4n) is 1.12. The number of rotatable bonds is 7. The third kappa shape index (κ3) is 6.43. The first-order valence-electron chi connectivity index (χ1n) is 4.69. The van der Waals surface area contributed by atoms with E-state index in [1.54, 1.807) is 0 Å². The molecule has 3 N–H and O–H groups in total. The Kier molecular flexibility index (Phi) is 5.77. The van der Waals surface area contributed by atoms with Gasteiger partial charge in [-0.15, -0.1) is 0 Å². The smallest absolute Gasteiger partial charge is 0.307 e. The lowest BCUT2D eigenvalue weighted by Crippen LogP contribution is -2.39. The summed E-state index contributed by atoms with van der Waals surface area (Å²) in [6.45, 7) is 3.70. The predicted octanol–water partition coefficient (Wildman–Crippen LogP) is -0.213. The first-order valence-corrected chi connectivity index (χ1v) is 6.17. The van der Waals surface area contributed by atoms with Gasteiger partial charge in [0.1, 0.15) is 0 Å². The van der Waals surface area contributed by atoms with Crippen LogP contribution in [0.1, 0.15) is 20.3 Å². The van der Waals surface area contributed by atoms with Crippen molar-refractivity contribution < 1.29 is 18.3 Å². The van der Waals surface area contributed by atoms with Crippen LogP contribution in [0.2, 0.25) is 0 Å². The second-order valence-corrected chi connectivity index (χ2v) is 5.42. The zero-order chi connectivity index (χ0) is 12.1. The summed E-state index contributed by atoms with van der Waals surface area (Å²) in [5, 5.41) is 8.84. The van der Waals surface area contributed by atoms with Gasteiger partial charge < -0.3 is 5.11 Å². The van der Waals surface area contributed by atoms with Crippen LogP contribution in [0.5, 0.6) is 0 Å². The molecule has 0 heterocycles. The van der Waals surface area contributed by atoms with E-state index in [9.17, 15) is 13.2 Å². The molecule has 0 aromatic rings. The molecule has 1 unspecified atom stereocenters. The summed E-state index contributed by atoms with van der Waals surface area (Å²) in [7, 11) is -2.28. The Morgan fingerprint density at radius 2 is 1.93 bits per heavy atom. The highest BCUT2D eigenvalue weighted by Gasteiger charge is 2.20. The third-order valence-electron chi connectivity index (χ3n) is 1.89. The molecule has 90 valence electrons. The molecule has 15 heavy (non-hydrogen) atoms. The molecular formula is C8H18N2O4S. The van der Waals surface area contributed by atoms with Crippen molar-refractivity contribution in [2.24, 2.45) is 11.8 Å². The van der Waals surface area contributed by atoms with Crippen molar-refractivity contribution in [3.8, 4) is 0 Å². The standard InChI is InChI=1S/C8H18N2O4S/c1-6(2)4-7(8(11)12)5-10-15(13,14)9-3/h6-7,9-10H,4-5H2,1-3H3,(H,11,12). The monoisotopic (exact) mass is 238 g/mol. The van der Waals surface area contributed by atoms with E-state index in [0.717, 1.165) is 0 Å². The van der Waals surface area contributed by atoms with Crippen LogP contribution in [0.15, 0.2) is 0 Å². The van der Waals surface area contributed by atoms with Crippen molar-refractivity contribution >= 4 is 16.2 Å². The van der Waals surface area contributed by atoms with E-state index >= 15 is 0 Å². The van der Waals surface area contributed by atoms with E-state index in [-0.39, 0.29) is 12.5 Å². The third-order valence-corrected chi connectivity index (χ3v) is 2.98. The lowest BCUT2D eigenvalue weighted by Gasteiger charge is -2.14. The van der Waals surface area contributed by atoms with Gasteiger partial charge in [0.2, 0.25) is 0 Å². The zero-order valence-corrected chi connectivity index (χ0v) is 9.97. The molecule has 1 atom stereocenters. The molecule has 0 saturated carbocycles. The molecule has 0 rings (SSSR count). The van der Waals surface area contributed by atoms with Crippen molar-refractivity contribution in [1.82, 2.24) is 9.44 Å². The Hall–Kier alpha value is -0.660. The van der Waals surface area contributed by atoms with Gasteiger partial charge in [-0.1, -0.05) is 13.8 Å². The van der Waals surface area contributed by atoms with Gasteiger partial charge >= 0.3 is 5.97 Å². The number of nitrogens with one attached hydrogen (secondary N) is 2. The van der Waals surface area contributed by atoms with Crippen molar-refractivity contribution in [1.29, 1.82) is 0 Å². The molecule has 0 aliphatic rings. The topological polar surface area (TPSA) is 95.5 Å². The fraction of sp³-hybridized carbons (Fsp3) is 0.875. The molecule has 7 heteroatoms. The van der Waals surface area contributed by atoms with Gasteiger partial charge in [0, 0.05) is 13.6 Å². The average molecular weight is 238 g/mol. The number of carboxylic acid groups (broad SMARTS) is 1. The molecule has 6 nitrogen and oxygen atoms in total. The van der Waals surface area contributed by atoms with Gasteiger partial charge in [0.05, 0.1) is 5.92 Å². The van der Waals surface area contributed by atoms with E-state index in [4.69, 9.17) is 5.11 Å². The summed E-state index contributed by atoms with van der Waals surface area (Å²) in [4.78, 5) is 10.8. The summed E-state index contributed by atoms with van der Waals surface area (Å²) in [5.74, 6) is -1.46. The molecule has 0 aliphatic carbocycles. The summed E-state index contributed by atoms with van der Waals surface area (Å²) in [6.07, 6.45) is 0.446. The van der Waals surface area contributed by atoms with Gasteiger partial charge in [-0.25, -0.2) is 9.44 Å². The Morgan fingerprint density at radius 3 is 2.27 bits per heavy atom. The number of aliphatic carboxylic acids is 1. The van der Waals surface area contributed by atoms with Crippen LogP contribution in [-0.2, 0) is 15.0 Å². The highest BCUT2D eigenvalue weighted by Crippen LogP contribution is 2.11. The summed E-state index contributed by atoms with van der Waals surface area (Å²) in [5.41, 5.74) is 0. The highest BCUT2D eigenvalue weighted by atomic mass is 32.2. The largest absolute Gasteiger partial charge is 0.481 e.